The average Bonchev–Trinajstić information content (AvgIpc) is 3.03. The summed E-state index contributed by atoms with van der Waals surface area (Å²) in [6, 6.07) is 9.66. The Bertz CT molecular complexity index is 1020. The minimum Gasteiger partial charge on any atom is -0.500 e. The van der Waals surface area contributed by atoms with Crippen LogP contribution in [0.4, 0.5) is 11.4 Å². The molecule has 0 radical (unpaired) electrons. The normalized spacial score (nSPS) is 16.1. The molecule has 1 aliphatic heterocycles. The van der Waals surface area contributed by atoms with Crippen molar-refractivity contribution in [3.63, 3.8) is 0 Å². The average molecular weight is 415 g/mol. The van der Waals surface area contributed by atoms with Gasteiger partial charge in [0.05, 0.1) is 29.2 Å². The van der Waals surface area contributed by atoms with Crippen LogP contribution in [0.2, 0.25) is 0 Å². The number of ether oxygens (including phenoxy) is 2. The number of carbonyl (C=O) groups excluding carboxylic acids is 1. The first-order valence-corrected chi connectivity index (χ1v) is 9.30. The van der Waals surface area contributed by atoms with Gasteiger partial charge in [0.1, 0.15) is 5.75 Å². The number of hydrogen-bond donors (Lipinski definition) is 2. The molecule has 0 saturated carbocycles. The number of benzene rings is 2. The van der Waals surface area contributed by atoms with E-state index >= 15 is 0 Å². The highest BCUT2D eigenvalue weighted by Gasteiger charge is 2.25. The lowest BCUT2D eigenvalue weighted by Crippen LogP contribution is -2.19. The van der Waals surface area contributed by atoms with E-state index in [-0.39, 0.29) is 11.7 Å². The van der Waals surface area contributed by atoms with Crippen LogP contribution in [0.3, 0.4) is 0 Å². The van der Waals surface area contributed by atoms with E-state index in [1.807, 2.05) is 6.92 Å². The van der Waals surface area contributed by atoms with E-state index in [2.05, 4.69) is 10.3 Å². The number of carbonyl (C=O) groups is 1. The Labute approximate surface area is 170 Å². The predicted octanol–water partition coefficient (Wildman–Crippen LogP) is 3.60. The van der Waals surface area contributed by atoms with E-state index in [0.717, 1.165) is 17.5 Å². The number of phenols is 1. The highest BCUT2D eigenvalue weighted by Crippen LogP contribution is 2.38. The molecule has 0 unspecified atom stereocenters. The van der Waals surface area contributed by atoms with E-state index in [4.69, 9.17) is 9.47 Å². The van der Waals surface area contributed by atoms with E-state index in [1.54, 1.807) is 24.3 Å². The predicted molar refractivity (Wildman–Crippen MR) is 110 cm³/mol. The maximum absolute atomic E-state index is 12.2. The van der Waals surface area contributed by atoms with Gasteiger partial charge in [-0.15, -0.1) is 0 Å². The van der Waals surface area contributed by atoms with Crippen molar-refractivity contribution in [2.45, 2.75) is 6.92 Å². The molecule has 0 aromatic heterocycles. The second-order valence-electron chi connectivity index (χ2n) is 5.76. The first-order chi connectivity index (χ1) is 13.9. The van der Waals surface area contributed by atoms with Crippen molar-refractivity contribution in [2.24, 2.45) is 4.99 Å². The van der Waals surface area contributed by atoms with Crippen LogP contribution in [-0.4, -0.2) is 34.8 Å². The number of nitrogens with zero attached hydrogens (tertiary/aromatic N) is 2. The number of amidine groups is 1. The summed E-state index contributed by atoms with van der Waals surface area (Å²) in [5, 5.41) is 24.0. The maximum atomic E-state index is 12.2. The van der Waals surface area contributed by atoms with Gasteiger partial charge < -0.3 is 19.9 Å². The van der Waals surface area contributed by atoms with Crippen LogP contribution in [0.25, 0.3) is 6.08 Å². The highest BCUT2D eigenvalue weighted by atomic mass is 32.2. The van der Waals surface area contributed by atoms with Crippen LogP contribution >= 0.6 is 11.8 Å². The summed E-state index contributed by atoms with van der Waals surface area (Å²) < 4.78 is 10.3. The fourth-order valence-corrected chi connectivity index (χ4v) is 3.37. The SMILES string of the molecule is CCOc1ccc(N=C2NC(=O)/C(=C/c3cc(OC)c(O)c([N+](=O)[O-])c3)S2)cc1. The van der Waals surface area contributed by atoms with Gasteiger partial charge in [-0.1, -0.05) is 0 Å². The summed E-state index contributed by atoms with van der Waals surface area (Å²) in [6.07, 6.45) is 1.47. The van der Waals surface area contributed by atoms with Crippen LogP contribution in [0.5, 0.6) is 17.2 Å². The number of methoxy groups -OCH3 is 1. The molecule has 0 aliphatic carbocycles. The smallest absolute Gasteiger partial charge is 0.315 e. The molecular weight excluding hydrogens is 398 g/mol. The minimum atomic E-state index is -0.722. The van der Waals surface area contributed by atoms with Crippen LogP contribution < -0.4 is 14.8 Å². The van der Waals surface area contributed by atoms with Gasteiger partial charge in [0.25, 0.3) is 5.91 Å². The molecule has 10 heteroatoms. The maximum Gasteiger partial charge on any atom is 0.315 e. The molecule has 1 fully saturated rings. The largest absolute Gasteiger partial charge is 0.500 e. The van der Waals surface area contributed by atoms with Gasteiger partial charge in [-0.05, 0) is 60.7 Å². The number of nitro benzene ring substituents is 1. The van der Waals surface area contributed by atoms with Crippen LogP contribution in [0.15, 0.2) is 46.3 Å². The van der Waals surface area contributed by atoms with Crippen molar-refractivity contribution in [3.05, 3.63) is 57.0 Å². The zero-order valence-electron chi connectivity index (χ0n) is 15.5. The lowest BCUT2D eigenvalue weighted by atomic mass is 10.1. The topological polar surface area (TPSA) is 123 Å². The van der Waals surface area contributed by atoms with Gasteiger partial charge in [-0.25, -0.2) is 4.99 Å². The second kappa shape index (κ2) is 8.65. The van der Waals surface area contributed by atoms with Gasteiger partial charge in [-0.2, -0.15) is 0 Å². The number of nitro groups is 1. The summed E-state index contributed by atoms with van der Waals surface area (Å²) in [5.41, 5.74) is 0.466. The quantitative estimate of drug-likeness (QED) is 0.420. The third-order valence-electron chi connectivity index (χ3n) is 3.82. The molecule has 9 nitrogen and oxygen atoms in total. The van der Waals surface area contributed by atoms with E-state index in [1.165, 1.54) is 25.3 Å². The number of aromatic hydroxyl groups is 1. The number of thioether (sulfide) groups is 1. The monoisotopic (exact) mass is 415 g/mol. The third kappa shape index (κ3) is 4.66. The number of hydrogen-bond acceptors (Lipinski definition) is 8. The molecule has 1 heterocycles. The number of phenolic OH excluding ortho intramolecular Hbond substituents is 1. The van der Waals surface area contributed by atoms with E-state index in [0.29, 0.717) is 27.9 Å². The van der Waals surface area contributed by atoms with Crippen molar-refractivity contribution in [1.82, 2.24) is 5.32 Å². The Morgan fingerprint density at radius 2 is 2.03 bits per heavy atom. The van der Waals surface area contributed by atoms with Gasteiger partial charge in [0, 0.05) is 6.07 Å². The zero-order chi connectivity index (χ0) is 21.0. The van der Waals surface area contributed by atoms with Crippen molar-refractivity contribution in [1.29, 1.82) is 0 Å². The summed E-state index contributed by atoms with van der Waals surface area (Å²) in [6.45, 7) is 2.46. The Morgan fingerprint density at radius 3 is 2.66 bits per heavy atom. The molecule has 2 aromatic rings. The molecule has 1 amide bonds. The van der Waals surface area contributed by atoms with E-state index in [9.17, 15) is 20.0 Å². The van der Waals surface area contributed by atoms with Crippen LogP contribution in [0.1, 0.15) is 12.5 Å². The lowest BCUT2D eigenvalue weighted by molar-refractivity contribution is -0.386. The first kappa shape index (κ1) is 20.2. The minimum absolute atomic E-state index is 0.0577. The fourth-order valence-electron chi connectivity index (χ4n) is 2.52. The Balaban J connectivity index is 1.85. The Morgan fingerprint density at radius 1 is 1.31 bits per heavy atom. The van der Waals surface area contributed by atoms with Crippen molar-refractivity contribution in [2.75, 3.05) is 13.7 Å². The number of aliphatic imine (C=N–C) groups is 1. The van der Waals surface area contributed by atoms with Gasteiger partial charge >= 0.3 is 5.69 Å². The molecule has 2 aromatic carbocycles. The number of nitrogens with one attached hydrogen (secondary N) is 1. The molecule has 0 atom stereocenters. The molecule has 1 aliphatic rings. The lowest BCUT2D eigenvalue weighted by Gasteiger charge is -2.05. The summed E-state index contributed by atoms with van der Waals surface area (Å²) >= 11 is 1.10. The Hall–Kier alpha value is -3.53. The first-order valence-electron chi connectivity index (χ1n) is 8.49. The summed E-state index contributed by atoms with van der Waals surface area (Å²) in [5.74, 6) is -0.281. The van der Waals surface area contributed by atoms with Crippen molar-refractivity contribution >= 4 is 40.3 Å². The number of rotatable bonds is 6. The molecule has 1 saturated heterocycles. The molecule has 2 N–H and O–H groups in total. The molecule has 0 spiro atoms. The van der Waals surface area contributed by atoms with Crippen LogP contribution in [0, 0.1) is 10.1 Å². The molecular formula is C19H17N3O6S. The zero-order valence-corrected chi connectivity index (χ0v) is 16.4. The number of amides is 1. The van der Waals surface area contributed by atoms with Crippen LogP contribution in [-0.2, 0) is 4.79 Å². The fraction of sp³-hybridized carbons (Fsp3) is 0.158. The summed E-state index contributed by atoms with van der Waals surface area (Å²) in [7, 11) is 1.29. The highest BCUT2D eigenvalue weighted by molar-refractivity contribution is 8.18. The van der Waals surface area contributed by atoms with Gasteiger partial charge in [0.2, 0.25) is 5.75 Å². The summed E-state index contributed by atoms with van der Waals surface area (Å²) in [4.78, 5) is 27.3. The molecule has 0 bridgehead atoms. The third-order valence-corrected chi connectivity index (χ3v) is 4.73. The van der Waals surface area contributed by atoms with Crippen molar-refractivity contribution in [3.8, 4) is 17.2 Å². The van der Waals surface area contributed by atoms with Gasteiger partial charge in [0.15, 0.2) is 10.9 Å². The standard InChI is InChI=1S/C19H17N3O6S/c1-3-28-13-6-4-12(5-7-13)20-19-21-18(24)16(29-19)10-11-8-14(22(25)26)17(23)15(9-11)27-2/h4-10,23H,3H2,1-2H3,(H,20,21,24)/b16-10-. The molecule has 29 heavy (non-hydrogen) atoms. The second-order valence-corrected chi connectivity index (χ2v) is 6.79. The van der Waals surface area contributed by atoms with Crippen molar-refractivity contribution < 1.29 is 24.3 Å². The van der Waals surface area contributed by atoms with Gasteiger partial charge in [-0.3, -0.25) is 14.9 Å². The van der Waals surface area contributed by atoms with E-state index < -0.39 is 16.4 Å². The molecule has 3 rings (SSSR count). The molecule has 150 valence electrons. The Kier molecular flexibility index (Phi) is 6.03.